The molecule has 0 saturated heterocycles. The smallest absolute Gasteiger partial charge is 0.253 e. The lowest BCUT2D eigenvalue weighted by Crippen LogP contribution is -2.30. The quantitative estimate of drug-likeness (QED) is 0.892. The molecule has 0 radical (unpaired) electrons. The minimum Gasteiger partial charge on any atom is -0.323 e. The van der Waals surface area contributed by atoms with Crippen LogP contribution < -0.4 is 5.73 Å². The molecule has 0 aliphatic rings. The Kier molecular flexibility index (Phi) is 3.74. The average molecular weight is 251 g/mol. The SMILES string of the molecule is NC(Cc1cncc(Br)c1)C(F)F. The van der Waals surface area contributed by atoms with Crippen molar-refractivity contribution in [2.24, 2.45) is 5.73 Å². The van der Waals surface area contributed by atoms with Crippen molar-refractivity contribution in [2.75, 3.05) is 0 Å². The van der Waals surface area contributed by atoms with Crippen LogP contribution in [0.4, 0.5) is 8.78 Å². The van der Waals surface area contributed by atoms with E-state index >= 15 is 0 Å². The molecule has 1 atom stereocenters. The van der Waals surface area contributed by atoms with E-state index in [1.54, 1.807) is 12.3 Å². The highest BCUT2D eigenvalue weighted by Crippen LogP contribution is 2.12. The number of alkyl halides is 2. The van der Waals surface area contributed by atoms with Crippen molar-refractivity contribution in [3.05, 3.63) is 28.5 Å². The third-order valence-electron chi connectivity index (χ3n) is 1.56. The maximum Gasteiger partial charge on any atom is 0.253 e. The molecule has 0 amide bonds. The predicted octanol–water partition coefficient (Wildman–Crippen LogP) is 1.98. The van der Waals surface area contributed by atoms with Gasteiger partial charge in [-0.05, 0) is 34.0 Å². The van der Waals surface area contributed by atoms with Gasteiger partial charge in [0.05, 0.1) is 6.04 Å². The van der Waals surface area contributed by atoms with Gasteiger partial charge in [0, 0.05) is 16.9 Å². The molecule has 0 bridgehead atoms. The standard InChI is InChI=1S/C8H9BrF2N2/c9-6-1-5(3-13-4-6)2-7(12)8(10)11/h1,3-4,7-8H,2,12H2. The number of halogens is 3. The Balaban J connectivity index is 2.64. The zero-order valence-electron chi connectivity index (χ0n) is 6.75. The van der Waals surface area contributed by atoms with E-state index in [1.165, 1.54) is 6.20 Å². The molecule has 2 N–H and O–H groups in total. The van der Waals surface area contributed by atoms with E-state index in [2.05, 4.69) is 20.9 Å². The first-order valence-corrected chi connectivity index (χ1v) is 4.52. The van der Waals surface area contributed by atoms with Crippen molar-refractivity contribution in [1.82, 2.24) is 4.98 Å². The normalized spacial score (nSPS) is 13.3. The maximum atomic E-state index is 12.1. The molecule has 1 aromatic rings. The predicted molar refractivity (Wildman–Crippen MR) is 49.6 cm³/mol. The van der Waals surface area contributed by atoms with Gasteiger partial charge in [-0.25, -0.2) is 8.78 Å². The van der Waals surface area contributed by atoms with Crippen molar-refractivity contribution in [1.29, 1.82) is 0 Å². The van der Waals surface area contributed by atoms with Crippen LogP contribution in [0.1, 0.15) is 5.56 Å². The second kappa shape index (κ2) is 4.62. The Morgan fingerprint density at radius 1 is 1.46 bits per heavy atom. The van der Waals surface area contributed by atoms with E-state index in [9.17, 15) is 8.78 Å². The van der Waals surface area contributed by atoms with Gasteiger partial charge in [0.25, 0.3) is 6.43 Å². The molecule has 0 spiro atoms. The maximum absolute atomic E-state index is 12.1. The minimum absolute atomic E-state index is 0.143. The van der Waals surface area contributed by atoms with E-state index in [4.69, 9.17) is 5.73 Å². The lowest BCUT2D eigenvalue weighted by Gasteiger charge is -2.09. The molecular weight excluding hydrogens is 242 g/mol. The molecule has 2 nitrogen and oxygen atoms in total. The summed E-state index contributed by atoms with van der Waals surface area (Å²) in [5.74, 6) is 0. The van der Waals surface area contributed by atoms with Crippen LogP contribution in [0.2, 0.25) is 0 Å². The number of aromatic nitrogens is 1. The van der Waals surface area contributed by atoms with Crippen LogP contribution >= 0.6 is 15.9 Å². The van der Waals surface area contributed by atoms with Gasteiger partial charge in [0.15, 0.2) is 0 Å². The summed E-state index contributed by atoms with van der Waals surface area (Å²) in [6.45, 7) is 0. The van der Waals surface area contributed by atoms with Crippen LogP contribution in [0.15, 0.2) is 22.9 Å². The average Bonchev–Trinajstić information content (AvgIpc) is 2.04. The Labute approximate surface area is 83.3 Å². The summed E-state index contributed by atoms with van der Waals surface area (Å²) in [7, 11) is 0. The molecular formula is C8H9BrF2N2. The highest BCUT2D eigenvalue weighted by Gasteiger charge is 2.15. The summed E-state index contributed by atoms with van der Waals surface area (Å²) in [4.78, 5) is 3.85. The monoisotopic (exact) mass is 250 g/mol. The van der Waals surface area contributed by atoms with Crippen LogP contribution in [-0.4, -0.2) is 17.5 Å². The molecule has 0 aromatic carbocycles. The second-order valence-corrected chi connectivity index (χ2v) is 3.63. The molecule has 0 fully saturated rings. The molecule has 1 aromatic heterocycles. The lowest BCUT2D eigenvalue weighted by atomic mass is 10.1. The van der Waals surface area contributed by atoms with Gasteiger partial charge in [-0.1, -0.05) is 0 Å². The number of pyridine rings is 1. The number of hydrogen-bond acceptors (Lipinski definition) is 2. The summed E-state index contributed by atoms with van der Waals surface area (Å²) in [5.41, 5.74) is 5.92. The first-order valence-electron chi connectivity index (χ1n) is 3.72. The Hall–Kier alpha value is -0.550. The summed E-state index contributed by atoms with van der Waals surface area (Å²) in [6.07, 6.45) is 0.785. The van der Waals surface area contributed by atoms with Crippen LogP contribution in [0.3, 0.4) is 0 Å². The fourth-order valence-corrected chi connectivity index (χ4v) is 1.34. The van der Waals surface area contributed by atoms with Gasteiger partial charge in [0.2, 0.25) is 0 Å². The van der Waals surface area contributed by atoms with E-state index in [-0.39, 0.29) is 6.42 Å². The van der Waals surface area contributed by atoms with Gasteiger partial charge in [0.1, 0.15) is 0 Å². The van der Waals surface area contributed by atoms with Crippen LogP contribution in [0, 0.1) is 0 Å². The molecule has 72 valence electrons. The van der Waals surface area contributed by atoms with E-state index < -0.39 is 12.5 Å². The van der Waals surface area contributed by atoms with E-state index in [1.807, 2.05) is 0 Å². The van der Waals surface area contributed by atoms with Gasteiger partial charge in [-0.15, -0.1) is 0 Å². The first-order chi connectivity index (χ1) is 6.09. The van der Waals surface area contributed by atoms with Crippen molar-refractivity contribution in [3.8, 4) is 0 Å². The number of nitrogens with two attached hydrogens (primary N) is 1. The fraction of sp³-hybridized carbons (Fsp3) is 0.375. The van der Waals surface area contributed by atoms with Crippen molar-refractivity contribution < 1.29 is 8.78 Å². The molecule has 13 heavy (non-hydrogen) atoms. The first kappa shape index (κ1) is 10.5. The molecule has 0 aliphatic carbocycles. The fourth-order valence-electron chi connectivity index (χ4n) is 0.929. The third kappa shape index (κ3) is 3.36. The number of rotatable bonds is 3. The van der Waals surface area contributed by atoms with Gasteiger partial charge >= 0.3 is 0 Å². The van der Waals surface area contributed by atoms with Gasteiger partial charge in [-0.3, -0.25) is 4.98 Å². The van der Waals surface area contributed by atoms with Crippen molar-refractivity contribution >= 4 is 15.9 Å². The van der Waals surface area contributed by atoms with Crippen molar-refractivity contribution in [3.63, 3.8) is 0 Å². The topological polar surface area (TPSA) is 38.9 Å². The van der Waals surface area contributed by atoms with E-state index in [0.717, 1.165) is 4.47 Å². The summed E-state index contributed by atoms with van der Waals surface area (Å²) in [5, 5.41) is 0. The van der Waals surface area contributed by atoms with E-state index in [0.29, 0.717) is 5.56 Å². The lowest BCUT2D eigenvalue weighted by molar-refractivity contribution is 0.116. The Morgan fingerprint density at radius 2 is 2.15 bits per heavy atom. The Bertz CT molecular complexity index is 281. The van der Waals surface area contributed by atoms with Crippen LogP contribution in [0.5, 0.6) is 0 Å². The summed E-state index contributed by atoms with van der Waals surface area (Å²) in [6, 6.07) is 0.617. The molecule has 1 rings (SSSR count). The van der Waals surface area contributed by atoms with Crippen molar-refractivity contribution in [2.45, 2.75) is 18.9 Å². The summed E-state index contributed by atoms with van der Waals surface area (Å²) < 4.78 is 24.9. The van der Waals surface area contributed by atoms with Gasteiger partial charge in [-0.2, -0.15) is 0 Å². The second-order valence-electron chi connectivity index (χ2n) is 2.71. The number of hydrogen-bond donors (Lipinski definition) is 1. The molecule has 0 saturated carbocycles. The molecule has 1 unspecified atom stereocenters. The Morgan fingerprint density at radius 3 is 2.69 bits per heavy atom. The minimum atomic E-state index is -2.49. The molecule has 0 aliphatic heterocycles. The third-order valence-corrected chi connectivity index (χ3v) is 1.99. The highest BCUT2D eigenvalue weighted by molar-refractivity contribution is 9.10. The zero-order valence-corrected chi connectivity index (χ0v) is 8.34. The van der Waals surface area contributed by atoms with Gasteiger partial charge < -0.3 is 5.73 Å². The van der Waals surface area contributed by atoms with Crippen LogP contribution in [-0.2, 0) is 6.42 Å². The highest BCUT2D eigenvalue weighted by atomic mass is 79.9. The molecule has 5 heteroatoms. The summed E-state index contributed by atoms with van der Waals surface area (Å²) >= 11 is 3.20. The van der Waals surface area contributed by atoms with Crippen LogP contribution in [0.25, 0.3) is 0 Å². The molecule has 1 heterocycles. The largest absolute Gasteiger partial charge is 0.323 e. The zero-order chi connectivity index (χ0) is 9.84. The number of nitrogens with zero attached hydrogens (tertiary/aromatic N) is 1.